The van der Waals surface area contributed by atoms with Crippen LogP contribution in [0.2, 0.25) is 10.0 Å². The van der Waals surface area contributed by atoms with Crippen molar-refractivity contribution in [1.29, 1.82) is 0 Å². The van der Waals surface area contributed by atoms with Gasteiger partial charge in [-0.05, 0) is 58.2 Å². The lowest BCUT2D eigenvalue weighted by Gasteiger charge is -2.15. The van der Waals surface area contributed by atoms with Gasteiger partial charge < -0.3 is 10.1 Å². The van der Waals surface area contributed by atoms with E-state index in [4.69, 9.17) is 27.9 Å². The van der Waals surface area contributed by atoms with Gasteiger partial charge in [-0.15, -0.1) is 0 Å². The van der Waals surface area contributed by atoms with Crippen LogP contribution in [-0.4, -0.2) is 7.11 Å². The summed E-state index contributed by atoms with van der Waals surface area (Å²) in [6.07, 6.45) is 0. The Morgan fingerprint density at radius 1 is 1.14 bits per heavy atom. The maximum absolute atomic E-state index is 6.05. The number of ether oxygens (including phenoxy) is 1. The zero-order valence-electron chi connectivity index (χ0n) is 11.8. The lowest BCUT2D eigenvalue weighted by Crippen LogP contribution is -2.18. The van der Waals surface area contributed by atoms with Crippen LogP contribution in [0, 0.1) is 0 Å². The van der Waals surface area contributed by atoms with E-state index in [9.17, 15) is 0 Å². The fourth-order valence-electron chi connectivity index (χ4n) is 1.99. The van der Waals surface area contributed by atoms with E-state index in [-0.39, 0.29) is 6.04 Å². The largest absolute Gasteiger partial charge is 0.496 e. The molecule has 0 fully saturated rings. The Balaban J connectivity index is 2.01. The Kier molecular flexibility index (Phi) is 5.94. The molecule has 2 nitrogen and oxygen atoms in total. The van der Waals surface area contributed by atoms with Gasteiger partial charge in [0, 0.05) is 12.6 Å². The molecule has 21 heavy (non-hydrogen) atoms. The van der Waals surface area contributed by atoms with Crippen LogP contribution in [-0.2, 0) is 6.54 Å². The summed E-state index contributed by atoms with van der Waals surface area (Å²) in [5, 5.41) is 4.62. The van der Waals surface area contributed by atoms with Gasteiger partial charge in [-0.2, -0.15) is 0 Å². The highest BCUT2D eigenvalue weighted by Gasteiger charge is 2.08. The van der Waals surface area contributed by atoms with E-state index in [1.54, 1.807) is 7.11 Å². The summed E-state index contributed by atoms with van der Waals surface area (Å²) < 4.78 is 6.18. The molecular weight excluding hydrogens is 373 g/mol. The Bertz CT molecular complexity index is 634. The molecule has 1 unspecified atom stereocenters. The van der Waals surface area contributed by atoms with Gasteiger partial charge in [0.1, 0.15) is 5.75 Å². The summed E-state index contributed by atoms with van der Waals surface area (Å²) in [5.41, 5.74) is 2.28. The molecule has 0 heterocycles. The summed E-state index contributed by atoms with van der Waals surface area (Å²) in [5.74, 6) is 0.830. The number of halogens is 3. The van der Waals surface area contributed by atoms with Crippen LogP contribution in [0.25, 0.3) is 0 Å². The fourth-order valence-corrected chi connectivity index (χ4v) is 2.88. The predicted octanol–water partition coefficient (Wildman–Crippen LogP) is 5.62. The van der Waals surface area contributed by atoms with Crippen molar-refractivity contribution in [3.05, 3.63) is 62.0 Å². The second-order valence-electron chi connectivity index (χ2n) is 4.75. The van der Waals surface area contributed by atoms with Crippen molar-refractivity contribution in [3.63, 3.8) is 0 Å². The number of hydrogen-bond acceptors (Lipinski definition) is 2. The van der Waals surface area contributed by atoms with E-state index in [0.29, 0.717) is 10.0 Å². The van der Waals surface area contributed by atoms with Crippen molar-refractivity contribution in [2.45, 2.75) is 19.5 Å². The average molecular weight is 389 g/mol. The Labute approximate surface area is 143 Å². The minimum Gasteiger partial charge on any atom is -0.496 e. The molecule has 0 amide bonds. The molecule has 0 aliphatic carbocycles. The van der Waals surface area contributed by atoms with Gasteiger partial charge >= 0.3 is 0 Å². The molecule has 0 bridgehead atoms. The van der Waals surface area contributed by atoms with E-state index >= 15 is 0 Å². The van der Waals surface area contributed by atoms with E-state index < -0.39 is 0 Å². The number of nitrogens with one attached hydrogen (secondary N) is 1. The van der Waals surface area contributed by atoms with Gasteiger partial charge in [0.25, 0.3) is 0 Å². The highest BCUT2D eigenvalue weighted by Crippen LogP contribution is 2.27. The molecule has 0 saturated carbocycles. The Morgan fingerprint density at radius 2 is 1.90 bits per heavy atom. The summed E-state index contributed by atoms with van der Waals surface area (Å²) in [6.45, 7) is 2.85. The van der Waals surface area contributed by atoms with Crippen LogP contribution < -0.4 is 10.1 Å². The molecule has 5 heteroatoms. The summed E-state index contributed by atoms with van der Waals surface area (Å²) in [7, 11) is 1.66. The molecule has 0 aromatic heterocycles. The molecule has 0 spiro atoms. The third-order valence-electron chi connectivity index (χ3n) is 3.27. The van der Waals surface area contributed by atoms with Crippen LogP contribution in [0.1, 0.15) is 24.1 Å². The average Bonchev–Trinajstić information content (AvgIpc) is 2.47. The van der Waals surface area contributed by atoms with Crippen molar-refractivity contribution < 1.29 is 4.74 Å². The van der Waals surface area contributed by atoms with Crippen molar-refractivity contribution in [2.24, 2.45) is 0 Å². The second-order valence-corrected chi connectivity index (χ2v) is 6.41. The van der Waals surface area contributed by atoms with E-state index in [1.165, 1.54) is 5.56 Å². The van der Waals surface area contributed by atoms with Crippen molar-refractivity contribution in [3.8, 4) is 5.75 Å². The third kappa shape index (κ3) is 4.36. The Morgan fingerprint density at radius 3 is 2.52 bits per heavy atom. The molecule has 0 aliphatic heterocycles. The molecule has 0 radical (unpaired) electrons. The SMILES string of the molecule is COc1ccc(CNC(C)c2ccc(Cl)c(Cl)c2)cc1Br. The number of benzene rings is 2. The Hall–Kier alpha value is -0.740. The van der Waals surface area contributed by atoms with E-state index in [1.807, 2.05) is 36.4 Å². The smallest absolute Gasteiger partial charge is 0.133 e. The molecule has 2 aromatic rings. The van der Waals surface area contributed by atoms with Gasteiger partial charge in [-0.3, -0.25) is 0 Å². The van der Waals surface area contributed by atoms with Crippen LogP contribution >= 0.6 is 39.1 Å². The lowest BCUT2D eigenvalue weighted by molar-refractivity contribution is 0.412. The first kappa shape index (κ1) is 16.6. The molecule has 1 N–H and O–H groups in total. The van der Waals surface area contributed by atoms with Gasteiger partial charge in [-0.1, -0.05) is 35.3 Å². The first-order chi connectivity index (χ1) is 10.0. The minimum absolute atomic E-state index is 0.181. The summed E-state index contributed by atoms with van der Waals surface area (Å²) in [4.78, 5) is 0. The number of rotatable bonds is 5. The van der Waals surface area contributed by atoms with Crippen molar-refractivity contribution >= 4 is 39.1 Å². The molecule has 1 atom stereocenters. The van der Waals surface area contributed by atoms with Crippen LogP contribution in [0.4, 0.5) is 0 Å². The fraction of sp³-hybridized carbons (Fsp3) is 0.250. The third-order valence-corrected chi connectivity index (χ3v) is 4.63. The van der Waals surface area contributed by atoms with E-state index in [2.05, 4.69) is 28.2 Å². The molecule has 0 saturated heterocycles. The predicted molar refractivity (Wildman–Crippen MR) is 92.4 cm³/mol. The first-order valence-corrected chi connectivity index (χ1v) is 8.07. The van der Waals surface area contributed by atoms with Gasteiger partial charge in [-0.25, -0.2) is 0 Å². The highest BCUT2D eigenvalue weighted by atomic mass is 79.9. The van der Waals surface area contributed by atoms with E-state index in [0.717, 1.165) is 22.3 Å². The maximum atomic E-state index is 6.05. The van der Waals surface area contributed by atoms with Gasteiger partial charge in [0.15, 0.2) is 0 Å². The zero-order chi connectivity index (χ0) is 15.4. The zero-order valence-corrected chi connectivity index (χ0v) is 14.9. The minimum atomic E-state index is 0.181. The number of methoxy groups -OCH3 is 1. The highest BCUT2D eigenvalue weighted by molar-refractivity contribution is 9.10. The summed E-state index contributed by atoms with van der Waals surface area (Å²) >= 11 is 15.5. The molecule has 2 rings (SSSR count). The van der Waals surface area contributed by atoms with Crippen LogP contribution in [0.5, 0.6) is 5.75 Å². The standard InChI is InChI=1S/C16H16BrCl2NO/c1-10(12-4-5-14(18)15(19)8-12)20-9-11-3-6-16(21-2)13(17)7-11/h3-8,10,20H,9H2,1-2H3. The second kappa shape index (κ2) is 7.50. The quantitative estimate of drug-likeness (QED) is 0.718. The van der Waals surface area contributed by atoms with Crippen LogP contribution in [0.15, 0.2) is 40.9 Å². The maximum Gasteiger partial charge on any atom is 0.133 e. The van der Waals surface area contributed by atoms with Crippen LogP contribution in [0.3, 0.4) is 0 Å². The van der Waals surface area contributed by atoms with Crippen molar-refractivity contribution in [2.75, 3.05) is 7.11 Å². The molecule has 112 valence electrons. The lowest BCUT2D eigenvalue weighted by atomic mass is 10.1. The normalized spacial score (nSPS) is 12.2. The number of hydrogen-bond donors (Lipinski definition) is 1. The van der Waals surface area contributed by atoms with Gasteiger partial charge in [0.05, 0.1) is 21.6 Å². The topological polar surface area (TPSA) is 21.3 Å². The van der Waals surface area contributed by atoms with Crippen molar-refractivity contribution in [1.82, 2.24) is 5.32 Å². The van der Waals surface area contributed by atoms with Gasteiger partial charge in [0.2, 0.25) is 0 Å². The monoisotopic (exact) mass is 387 g/mol. The molecular formula is C16H16BrCl2NO. The first-order valence-electron chi connectivity index (χ1n) is 6.52. The molecule has 0 aliphatic rings. The summed E-state index contributed by atoms with van der Waals surface area (Å²) in [6, 6.07) is 11.9. The molecule has 2 aromatic carbocycles.